The van der Waals surface area contributed by atoms with Crippen LogP contribution in [0, 0.1) is 12.7 Å². The zero-order valence-electron chi connectivity index (χ0n) is 13.2. The number of anilines is 1. The van der Waals surface area contributed by atoms with Gasteiger partial charge in [0.05, 0.1) is 12.7 Å². The molecular formula is C18H20FNO2. The summed E-state index contributed by atoms with van der Waals surface area (Å²) in [6.07, 6.45) is 0. The first kappa shape index (κ1) is 16.0. The number of amides is 1. The molecule has 0 aromatic heterocycles. The molecule has 0 fully saturated rings. The number of carbonyl (C=O) groups excluding carboxylic acids is 1. The minimum absolute atomic E-state index is 0.181. The van der Waals surface area contributed by atoms with Crippen molar-refractivity contribution < 1.29 is 13.9 Å². The van der Waals surface area contributed by atoms with Crippen LogP contribution in [0.5, 0.6) is 5.75 Å². The minimum atomic E-state index is -0.472. The van der Waals surface area contributed by atoms with Crippen molar-refractivity contribution in [3.05, 3.63) is 58.9 Å². The van der Waals surface area contributed by atoms with Gasteiger partial charge in [0.1, 0.15) is 11.6 Å². The number of aryl methyl sites for hydroxylation is 1. The molecule has 0 heterocycles. The lowest BCUT2D eigenvalue weighted by Crippen LogP contribution is -2.16. The Bertz CT molecular complexity index is 695. The van der Waals surface area contributed by atoms with E-state index < -0.39 is 5.82 Å². The molecule has 22 heavy (non-hydrogen) atoms. The number of methoxy groups -OCH3 is 1. The van der Waals surface area contributed by atoms with Gasteiger partial charge in [0.25, 0.3) is 5.91 Å². The van der Waals surface area contributed by atoms with Gasteiger partial charge in [-0.05, 0) is 42.2 Å². The molecule has 2 rings (SSSR count). The van der Waals surface area contributed by atoms with Crippen LogP contribution in [-0.4, -0.2) is 13.0 Å². The van der Waals surface area contributed by atoms with Crippen LogP contribution in [0.2, 0.25) is 0 Å². The zero-order chi connectivity index (χ0) is 16.3. The van der Waals surface area contributed by atoms with E-state index >= 15 is 0 Å². The smallest absolute Gasteiger partial charge is 0.259 e. The summed E-state index contributed by atoms with van der Waals surface area (Å²) in [5, 5.41) is 2.89. The molecule has 0 aliphatic carbocycles. The number of halogens is 1. The fourth-order valence-corrected chi connectivity index (χ4v) is 2.38. The van der Waals surface area contributed by atoms with E-state index in [9.17, 15) is 9.18 Å². The Morgan fingerprint density at radius 2 is 1.95 bits per heavy atom. The lowest BCUT2D eigenvalue weighted by atomic mass is 9.98. The van der Waals surface area contributed by atoms with Crippen molar-refractivity contribution in [1.29, 1.82) is 0 Å². The third kappa shape index (κ3) is 3.27. The summed E-state index contributed by atoms with van der Waals surface area (Å²) in [4.78, 5) is 12.5. The van der Waals surface area contributed by atoms with Crippen molar-refractivity contribution >= 4 is 11.6 Å². The molecule has 0 aliphatic heterocycles. The van der Waals surface area contributed by atoms with Crippen LogP contribution in [0.1, 0.15) is 41.3 Å². The normalized spacial score (nSPS) is 10.6. The molecule has 1 N–H and O–H groups in total. The van der Waals surface area contributed by atoms with E-state index in [-0.39, 0.29) is 17.4 Å². The molecule has 116 valence electrons. The van der Waals surface area contributed by atoms with Gasteiger partial charge in [-0.25, -0.2) is 4.39 Å². The molecular weight excluding hydrogens is 281 g/mol. The number of nitrogens with one attached hydrogen (secondary N) is 1. The molecule has 3 nitrogen and oxygen atoms in total. The van der Waals surface area contributed by atoms with Gasteiger partial charge in [0, 0.05) is 5.69 Å². The molecule has 0 aliphatic rings. The van der Waals surface area contributed by atoms with Crippen molar-refractivity contribution in [3.8, 4) is 5.75 Å². The summed E-state index contributed by atoms with van der Waals surface area (Å²) < 4.78 is 18.6. The van der Waals surface area contributed by atoms with Gasteiger partial charge in [-0.15, -0.1) is 0 Å². The molecule has 4 heteroatoms. The van der Waals surface area contributed by atoms with Gasteiger partial charge in [0.2, 0.25) is 0 Å². The highest BCUT2D eigenvalue weighted by Crippen LogP contribution is 2.29. The molecule has 0 atom stereocenters. The Labute approximate surface area is 130 Å². The molecule has 0 bridgehead atoms. The summed E-state index contributed by atoms with van der Waals surface area (Å²) in [5.74, 6) is -0.240. The molecule has 2 aromatic carbocycles. The maximum Gasteiger partial charge on any atom is 0.259 e. The van der Waals surface area contributed by atoms with E-state index in [0.717, 1.165) is 16.8 Å². The van der Waals surface area contributed by atoms with Crippen LogP contribution < -0.4 is 10.1 Å². The van der Waals surface area contributed by atoms with Crippen LogP contribution >= 0.6 is 0 Å². The van der Waals surface area contributed by atoms with Crippen molar-refractivity contribution in [2.45, 2.75) is 26.7 Å². The van der Waals surface area contributed by atoms with Crippen molar-refractivity contribution in [2.75, 3.05) is 12.4 Å². The zero-order valence-corrected chi connectivity index (χ0v) is 13.2. The predicted octanol–water partition coefficient (Wildman–Crippen LogP) is 4.52. The second-order valence-electron chi connectivity index (χ2n) is 5.49. The summed E-state index contributed by atoms with van der Waals surface area (Å²) in [7, 11) is 1.46. The van der Waals surface area contributed by atoms with Crippen LogP contribution in [0.3, 0.4) is 0 Å². The van der Waals surface area contributed by atoms with Crippen LogP contribution in [0.15, 0.2) is 36.4 Å². The number of hydrogen-bond donors (Lipinski definition) is 1. The lowest BCUT2D eigenvalue weighted by Gasteiger charge is -2.17. The van der Waals surface area contributed by atoms with Crippen LogP contribution in [-0.2, 0) is 0 Å². The van der Waals surface area contributed by atoms with E-state index in [4.69, 9.17) is 4.74 Å². The molecule has 0 unspecified atom stereocenters. The Kier molecular flexibility index (Phi) is 4.81. The number of ether oxygens (including phenoxy) is 1. The van der Waals surface area contributed by atoms with Gasteiger partial charge in [0.15, 0.2) is 0 Å². The molecule has 1 amide bonds. The Morgan fingerprint density at radius 1 is 1.23 bits per heavy atom. The average molecular weight is 301 g/mol. The van der Waals surface area contributed by atoms with E-state index in [2.05, 4.69) is 19.2 Å². The number of hydrogen-bond acceptors (Lipinski definition) is 2. The Balaban J connectivity index is 2.40. The quantitative estimate of drug-likeness (QED) is 0.901. The fraction of sp³-hybridized carbons (Fsp3) is 0.278. The van der Waals surface area contributed by atoms with Gasteiger partial charge in [-0.3, -0.25) is 4.79 Å². The van der Waals surface area contributed by atoms with Gasteiger partial charge in [-0.2, -0.15) is 0 Å². The van der Waals surface area contributed by atoms with Crippen molar-refractivity contribution in [3.63, 3.8) is 0 Å². The number of benzene rings is 2. The first-order valence-electron chi connectivity index (χ1n) is 7.18. The van der Waals surface area contributed by atoms with Crippen LogP contribution in [0.4, 0.5) is 10.1 Å². The summed E-state index contributed by atoms with van der Waals surface area (Å²) >= 11 is 0. The molecule has 0 saturated heterocycles. The maximum absolute atomic E-state index is 13.4. The first-order chi connectivity index (χ1) is 10.4. The third-order valence-corrected chi connectivity index (χ3v) is 3.57. The summed E-state index contributed by atoms with van der Waals surface area (Å²) in [6.45, 7) is 6.06. The second-order valence-corrected chi connectivity index (χ2v) is 5.49. The lowest BCUT2D eigenvalue weighted by molar-refractivity contribution is 0.102. The predicted molar refractivity (Wildman–Crippen MR) is 86.2 cm³/mol. The van der Waals surface area contributed by atoms with E-state index in [0.29, 0.717) is 5.75 Å². The molecule has 0 spiro atoms. The van der Waals surface area contributed by atoms with Crippen molar-refractivity contribution in [1.82, 2.24) is 0 Å². The Hall–Kier alpha value is -2.36. The van der Waals surface area contributed by atoms with Crippen LogP contribution in [0.25, 0.3) is 0 Å². The maximum atomic E-state index is 13.4. The highest BCUT2D eigenvalue weighted by atomic mass is 19.1. The third-order valence-electron chi connectivity index (χ3n) is 3.57. The SMILES string of the molecule is COc1ccc(F)cc1C(=O)Nc1c(C)cccc1C(C)C. The largest absolute Gasteiger partial charge is 0.496 e. The van der Waals surface area contributed by atoms with Gasteiger partial charge >= 0.3 is 0 Å². The van der Waals surface area contributed by atoms with Crippen molar-refractivity contribution in [2.24, 2.45) is 0 Å². The standard InChI is InChI=1S/C18H20FNO2/c1-11(2)14-7-5-6-12(3)17(14)20-18(21)15-10-13(19)8-9-16(15)22-4/h5-11H,1-4H3,(H,20,21). The molecule has 0 radical (unpaired) electrons. The average Bonchev–Trinajstić information content (AvgIpc) is 2.48. The summed E-state index contributed by atoms with van der Waals surface area (Å²) in [5.41, 5.74) is 2.97. The van der Waals surface area contributed by atoms with E-state index in [1.807, 2.05) is 25.1 Å². The van der Waals surface area contributed by atoms with E-state index in [1.54, 1.807) is 0 Å². The number of para-hydroxylation sites is 1. The van der Waals surface area contributed by atoms with Gasteiger partial charge in [-0.1, -0.05) is 32.0 Å². The fourth-order valence-electron chi connectivity index (χ4n) is 2.38. The molecule has 2 aromatic rings. The minimum Gasteiger partial charge on any atom is -0.496 e. The van der Waals surface area contributed by atoms with Gasteiger partial charge < -0.3 is 10.1 Å². The number of carbonyl (C=O) groups is 1. The Morgan fingerprint density at radius 3 is 2.59 bits per heavy atom. The topological polar surface area (TPSA) is 38.3 Å². The van der Waals surface area contributed by atoms with E-state index in [1.165, 1.54) is 25.3 Å². The second kappa shape index (κ2) is 6.60. The monoisotopic (exact) mass is 301 g/mol. The summed E-state index contributed by atoms with van der Waals surface area (Å²) in [6, 6.07) is 9.78. The number of rotatable bonds is 4. The highest BCUT2D eigenvalue weighted by molar-refractivity contribution is 6.07. The highest BCUT2D eigenvalue weighted by Gasteiger charge is 2.17. The first-order valence-corrected chi connectivity index (χ1v) is 7.18. The molecule has 0 saturated carbocycles.